The third-order valence-corrected chi connectivity index (χ3v) is 3.83. The standard InChI is InChI=1S/C15H23BrFN/c1-4-18-14(7-5-11(2)3)10-12-9-13(17)6-8-15(12)16/h6,8-9,11,14,18H,4-5,7,10H2,1-3H3. The van der Waals surface area contributed by atoms with Crippen molar-refractivity contribution < 1.29 is 4.39 Å². The Morgan fingerprint density at radius 3 is 2.61 bits per heavy atom. The summed E-state index contributed by atoms with van der Waals surface area (Å²) in [5.74, 6) is 0.550. The molecular weight excluding hydrogens is 293 g/mol. The fourth-order valence-electron chi connectivity index (χ4n) is 2.06. The van der Waals surface area contributed by atoms with Crippen LogP contribution in [0, 0.1) is 11.7 Å². The van der Waals surface area contributed by atoms with Gasteiger partial charge in [-0.3, -0.25) is 0 Å². The molecule has 1 aromatic carbocycles. The van der Waals surface area contributed by atoms with Crippen LogP contribution in [0.15, 0.2) is 22.7 Å². The molecule has 0 radical (unpaired) electrons. The molecular formula is C15H23BrFN. The van der Waals surface area contributed by atoms with Gasteiger partial charge in [0.15, 0.2) is 0 Å². The molecule has 0 aliphatic carbocycles. The minimum atomic E-state index is -0.160. The highest BCUT2D eigenvalue weighted by molar-refractivity contribution is 9.10. The molecule has 18 heavy (non-hydrogen) atoms. The normalized spacial score (nSPS) is 13.0. The van der Waals surface area contributed by atoms with Crippen molar-refractivity contribution in [1.29, 1.82) is 0 Å². The van der Waals surface area contributed by atoms with Crippen LogP contribution < -0.4 is 5.32 Å². The lowest BCUT2D eigenvalue weighted by atomic mass is 9.97. The summed E-state index contributed by atoms with van der Waals surface area (Å²) in [6.07, 6.45) is 3.21. The molecule has 102 valence electrons. The molecule has 0 aliphatic rings. The van der Waals surface area contributed by atoms with E-state index in [2.05, 4.69) is 42.0 Å². The van der Waals surface area contributed by atoms with Crippen LogP contribution in [0.2, 0.25) is 0 Å². The second-order valence-electron chi connectivity index (χ2n) is 5.17. The second-order valence-corrected chi connectivity index (χ2v) is 6.02. The number of rotatable bonds is 7. The van der Waals surface area contributed by atoms with Crippen LogP contribution in [0.4, 0.5) is 4.39 Å². The summed E-state index contributed by atoms with van der Waals surface area (Å²) in [4.78, 5) is 0. The Morgan fingerprint density at radius 2 is 2.00 bits per heavy atom. The van der Waals surface area contributed by atoms with Gasteiger partial charge in [0.2, 0.25) is 0 Å². The molecule has 0 fully saturated rings. The average molecular weight is 316 g/mol. The molecule has 0 amide bonds. The molecule has 1 N–H and O–H groups in total. The van der Waals surface area contributed by atoms with Crippen molar-refractivity contribution in [3.05, 3.63) is 34.1 Å². The lowest BCUT2D eigenvalue weighted by Gasteiger charge is -2.19. The van der Waals surface area contributed by atoms with Gasteiger partial charge in [0, 0.05) is 10.5 Å². The quantitative estimate of drug-likeness (QED) is 0.778. The minimum Gasteiger partial charge on any atom is -0.314 e. The molecule has 0 aromatic heterocycles. The first kappa shape index (κ1) is 15.6. The van der Waals surface area contributed by atoms with Crippen molar-refractivity contribution in [2.24, 2.45) is 5.92 Å². The van der Waals surface area contributed by atoms with Gasteiger partial charge in [0.05, 0.1) is 0 Å². The zero-order chi connectivity index (χ0) is 13.5. The van der Waals surface area contributed by atoms with Gasteiger partial charge in [-0.15, -0.1) is 0 Å². The molecule has 1 nitrogen and oxygen atoms in total. The van der Waals surface area contributed by atoms with Crippen LogP contribution >= 0.6 is 15.9 Å². The maximum Gasteiger partial charge on any atom is 0.123 e. The summed E-state index contributed by atoms with van der Waals surface area (Å²) in [5.41, 5.74) is 1.05. The van der Waals surface area contributed by atoms with Crippen molar-refractivity contribution in [2.45, 2.75) is 46.1 Å². The van der Waals surface area contributed by atoms with E-state index in [1.807, 2.05) is 0 Å². The number of likely N-dealkylation sites (N-methyl/N-ethyl adjacent to an activating group) is 1. The van der Waals surface area contributed by atoms with E-state index in [4.69, 9.17) is 0 Å². The van der Waals surface area contributed by atoms with E-state index >= 15 is 0 Å². The predicted molar refractivity (Wildman–Crippen MR) is 79.3 cm³/mol. The first-order chi connectivity index (χ1) is 8.52. The molecule has 1 atom stereocenters. The number of benzene rings is 1. The van der Waals surface area contributed by atoms with Gasteiger partial charge in [-0.25, -0.2) is 4.39 Å². The van der Waals surface area contributed by atoms with Crippen molar-refractivity contribution in [2.75, 3.05) is 6.54 Å². The van der Waals surface area contributed by atoms with Crippen LogP contribution in [-0.4, -0.2) is 12.6 Å². The number of halogens is 2. The summed E-state index contributed by atoms with van der Waals surface area (Å²) < 4.78 is 14.3. The van der Waals surface area contributed by atoms with Crippen LogP contribution in [0.5, 0.6) is 0 Å². The lowest BCUT2D eigenvalue weighted by Crippen LogP contribution is -2.31. The first-order valence-electron chi connectivity index (χ1n) is 6.70. The van der Waals surface area contributed by atoms with Gasteiger partial charge < -0.3 is 5.32 Å². The van der Waals surface area contributed by atoms with E-state index in [1.54, 1.807) is 12.1 Å². The zero-order valence-electron chi connectivity index (χ0n) is 11.5. The third-order valence-electron chi connectivity index (χ3n) is 3.06. The minimum absolute atomic E-state index is 0.160. The molecule has 0 spiro atoms. The van der Waals surface area contributed by atoms with Crippen molar-refractivity contribution in [3.63, 3.8) is 0 Å². The smallest absolute Gasteiger partial charge is 0.123 e. The van der Waals surface area contributed by atoms with Crippen LogP contribution in [0.1, 0.15) is 39.2 Å². The van der Waals surface area contributed by atoms with Gasteiger partial charge in [-0.05, 0) is 55.5 Å². The Balaban J connectivity index is 2.66. The molecule has 0 aliphatic heterocycles. The Morgan fingerprint density at radius 1 is 1.28 bits per heavy atom. The molecule has 3 heteroatoms. The van der Waals surface area contributed by atoms with Crippen molar-refractivity contribution in [3.8, 4) is 0 Å². The SMILES string of the molecule is CCNC(CCC(C)C)Cc1cc(F)ccc1Br. The number of nitrogens with one attached hydrogen (secondary N) is 1. The molecule has 0 saturated carbocycles. The molecule has 0 heterocycles. The Bertz CT molecular complexity index is 366. The predicted octanol–water partition coefficient (Wildman–Crippen LogP) is 4.55. The molecule has 1 rings (SSSR count). The highest BCUT2D eigenvalue weighted by Gasteiger charge is 2.12. The molecule has 0 saturated heterocycles. The van der Waals surface area contributed by atoms with Crippen LogP contribution in [-0.2, 0) is 6.42 Å². The largest absolute Gasteiger partial charge is 0.314 e. The Labute approximate surface area is 118 Å². The summed E-state index contributed by atoms with van der Waals surface area (Å²) in [5, 5.41) is 3.49. The number of hydrogen-bond acceptors (Lipinski definition) is 1. The van der Waals surface area contributed by atoms with E-state index in [1.165, 1.54) is 12.5 Å². The maximum absolute atomic E-state index is 13.3. The van der Waals surface area contributed by atoms with E-state index in [-0.39, 0.29) is 5.82 Å². The van der Waals surface area contributed by atoms with Crippen molar-refractivity contribution >= 4 is 15.9 Å². The summed E-state index contributed by atoms with van der Waals surface area (Å²) >= 11 is 3.50. The van der Waals surface area contributed by atoms with Crippen LogP contribution in [0.25, 0.3) is 0 Å². The van der Waals surface area contributed by atoms with Gasteiger partial charge in [0.25, 0.3) is 0 Å². The Kier molecular flexibility index (Phi) is 6.87. The van der Waals surface area contributed by atoms with Gasteiger partial charge in [0.1, 0.15) is 5.82 Å². The van der Waals surface area contributed by atoms with E-state index in [9.17, 15) is 4.39 Å². The average Bonchev–Trinajstić information content (AvgIpc) is 2.31. The Hall–Kier alpha value is -0.410. The molecule has 0 bridgehead atoms. The third kappa shape index (κ3) is 5.49. The van der Waals surface area contributed by atoms with Gasteiger partial charge >= 0.3 is 0 Å². The number of hydrogen-bond donors (Lipinski definition) is 1. The summed E-state index contributed by atoms with van der Waals surface area (Å²) in [6, 6.07) is 5.33. The topological polar surface area (TPSA) is 12.0 Å². The lowest BCUT2D eigenvalue weighted by molar-refractivity contribution is 0.434. The molecule has 1 aromatic rings. The maximum atomic E-state index is 13.3. The highest BCUT2D eigenvalue weighted by atomic mass is 79.9. The summed E-state index contributed by atoms with van der Waals surface area (Å²) in [6.45, 7) is 7.54. The van der Waals surface area contributed by atoms with E-state index in [0.29, 0.717) is 12.0 Å². The monoisotopic (exact) mass is 315 g/mol. The van der Waals surface area contributed by atoms with Crippen LogP contribution in [0.3, 0.4) is 0 Å². The highest BCUT2D eigenvalue weighted by Crippen LogP contribution is 2.21. The zero-order valence-corrected chi connectivity index (χ0v) is 13.1. The van der Waals surface area contributed by atoms with Gasteiger partial charge in [-0.1, -0.05) is 36.7 Å². The fraction of sp³-hybridized carbons (Fsp3) is 0.600. The van der Waals surface area contributed by atoms with E-state index < -0.39 is 0 Å². The second kappa shape index (κ2) is 7.90. The van der Waals surface area contributed by atoms with Gasteiger partial charge in [-0.2, -0.15) is 0 Å². The van der Waals surface area contributed by atoms with E-state index in [0.717, 1.165) is 29.4 Å². The summed E-state index contributed by atoms with van der Waals surface area (Å²) in [7, 11) is 0. The molecule has 1 unspecified atom stereocenters. The van der Waals surface area contributed by atoms with Crippen molar-refractivity contribution in [1.82, 2.24) is 5.32 Å². The first-order valence-corrected chi connectivity index (χ1v) is 7.49. The fourth-order valence-corrected chi connectivity index (χ4v) is 2.47.